The Morgan fingerprint density at radius 2 is 2.00 bits per heavy atom. The molecule has 138 valence electrons. The van der Waals surface area contributed by atoms with E-state index in [1.165, 1.54) is 19.2 Å². The maximum atomic E-state index is 12.4. The largest absolute Gasteiger partial charge is 0.353 e. The van der Waals surface area contributed by atoms with Gasteiger partial charge in [0.25, 0.3) is 10.0 Å². The molecule has 0 fully saturated rings. The van der Waals surface area contributed by atoms with Crippen molar-refractivity contribution in [2.45, 2.75) is 10.3 Å². The van der Waals surface area contributed by atoms with Crippen LogP contribution in [0, 0.1) is 0 Å². The summed E-state index contributed by atoms with van der Waals surface area (Å²) in [7, 11) is 1.54. The Labute approximate surface area is 161 Å². The van der Waals surface area contributed by atoms with Crippen LogP contribution >= 0.6 is 34.3 Å². The second kappa shape index (κ2) is 8.61. The second-order valence-corrected chi connectivity index (χ2v) is 10.6. The molecule has 2 heterocycles. The van der Waals surface area contributed by atoms with Crippen molar-refractivity contribution in [1.29, 1.82) is 0 Å². The first-order valence-corrected chi connectivity index (χ1v) is 10.9. The van der Waals surface area contributed by atoms with Crippen molar-refractivity contribution in [3.63, 3.8) is 0 Å². The van der Waals surface area contributed by atoms with Crippen LogP contribution in [0.5, 0.6) is 0 Å². The summed E-state index contributed by atoms with van der Waals surface area (Å²) in [4.78, 5) is 15.3. The predicted molar refractivity (Wildman–Crippen MR) is 103 cm³/mol. The molecule has 2 aromatic rings. The third-order valence-corrected chi connectivity index (χ3v) is 8.04. The highest BCUT2D eigenvalue weighted by molar-refractivity contribution is 7.91. The Morgan fingerprint density at radius 1 is 1.28 bits per heavy atom. The van der Waals surface area contributed by atoms with Crippen molar-refractivity contribution in [2.24, 2.45) is 0 Å². The van der Waals surface area contributed by atoms with Crippen molar-refractivity contribution in [2.75, 3.05) is 34.2 Å². The molecule has 2 aromatic heterocycles. The summed E-state index contributed by atoms with van der Waals surface area (Å²) in [6.45, 7) is 0.160. The summed E-state index contributed by atoms with van der Waals surface area (Å²) in [5.74, 6) is -0.350. The first-order valence-electron chi connectivity index (χ1n) is 7.40. The van der Waals surface area contributed by atoms with E-state index in [4.69, 9.17) is 11.6 Å². The fourth-order valence-corrected chi connectivity index (χ4v) is 5.91. The zero-order valence-electron chi connectivity index (χ0n) is 14.1. The third kappa shape index (κ3) is 5.25. The lowest BCUT2D eigenvalue weighted by Crippen LogP contribution is -2.41. The Hall–Kier alpha value is -0.970. The summed E-state index contributed by atoms with van der Waals surface area (Å²) in [6, 6.07) is 6.98. The Bertz CT molecular complexity index is 803. The second-order valence-electron chi connectivity index (χ2n) is 5.62. The van der Waals surface area contributed by atoms with Crippen LogP contribution in [-0.2, 0) is 14.8 Å². The minimum Gasteiger partial charge on any atom is -0.353 e. The van der Waals surface area contributed by atoms with Crippen molar-refractivity contribution in [3.8, 4) is 0 Å². The molecule has 6 nitrogen and oxygen atoms in total. The summed E-state index contributed by atoms with van der Waals surface area (Å²) in [6.07, 6.45) is 0. The zero-order valence-corrected chi connectivity index (χ0v) is 17.3. The minimum atomic E-state index is -3.71. The van der Waals surface area contributed by atoms with E-state index < -0.39 is 10.0 Å². The van der Waals surface area contributed by atoms with Crippen LogP contribution in [0.3, 0.4) is 0 Å². The number of carbonyl (C=O) groups excluding carboxylic acids is 1. The quantitative estimate of drug-likeness (QED) is 0.711. The lowest BCUT2D eigenvalue weighted by Gasteiger charge is -2.24. The molecule has 1 unspecified atom stereocenters. The van der Waals surface area contributed by atoms with E-state index >= 15 is 0 Å². The van der Waals surface area contributed by atoms with E-state index in [1.54, 1.807) is 11.3 Å². The van der Waals surface area contributed by atoms with Crippen LogP contribution in [0.2, 0.25) is 4.34 Å². The number of nitrogens with one attached hydrogen (secondary N) is 1. The van der Waals surface area contributed by atoms with Gasteiger partial charge in [0, 0.05) is 18.5 Å². The maximum Gasteiger partial charge on any atom is 0.252 e. The molecule has 25 heavy (non-hydrogen) atoms. The van der Waals surface area contributed by atoms with Gasteiger partial charge in [-0.25, -0.2) is 8.42 Å². The Kier molecular flexibility index (Phi) is 7.01. The first kappa shape index (κ1) is 20.3. The van der Waals surface area contributed by atoms with Gasteiger partial charge in [-0.05, 0) is 37.7 Å². The Morgan fingerprint density at radius 3 is 2.52 bits per heavy atom. The molecule has 0 spiro atoms. The van der Waals surface area contributed by atoms with Crippen molar-refractivity contribution in [3.05, 3.63) is 38.9 Å². The SMILES string of the molecule is CN(C)C(CNC(=O)CN(C)S(=O)(=O)c1ccc(Cl)s1)c1cccs1. The van der Waals surface area contributed by atoms with Gasteiger partial charge < -0.3 is 10.2 Å². The molecule has 1 amide bonds. The third-order valence-electron chi connectivity index (χ3n) is 3.57. The van der Waals surface area contributed by atoms with Gasteiger partial charge in [-0.2, -0.15) is 4.31 Å². The minimum absolute atomic E-state index is 0.0435. The average Bonchev–Trinajstić information content (AvgIpc) is 3.18. The highest BCUT2D eigenvalue weighted by Gasteiger charge is 2.25. The highest BCUT2D eigenvalue weighted by Crippen LogP contribution is 2.27. The van der Waals surface area contributed by atoms with Gasteiger partial charge in [0.05, 0.1) is 16.9 Å². The fourth-order valence-electron chi connectivity index (χ4n) is 2.16. The lowest BCUT2D eigenvalue weighted by atomic mass is 10.2. The molecule has 0 radical (unpaired) electrons. The van der Waals surface area contributed by atoms with Crippen LogP contribution in [0.4, 0.5) is 0 Å². The molecular weight excluding hydrogens is 402 g/mol. The van der Waals surface area contributed by atoms with Crippen LogP contribution < -0.4 is 5.32 Å². The summed E-state index contributed by atoms with van der Waals surface area (Å²) < 4.78 is 26.4. The highest BCUT2D eigenvalue weighted by atomic mass is 35.5. The number of thiophene rings is 2. The Balaban J connectivity index is 1.95. The summed E-state index contributed by atoms with van der Waals surface area (Å²) in [5.41, 5.74) is 0. The van der Waals surface area contributed by atoms with Gasteiger partial charge in [-0.1, -0.05) is 17.7 Å². The van der Waals surface area contributed by atoms with Gasteiger partial charge in [0.2, 0.25) is 5.91 Å². The lowest BCUT2D eigenvalue weighted by molar-refractivity contribution is -0.121. The van der Waals surface area contributed by atoms with Crippen molar-refractivity contribution in [1.82, 2.24) is 14.5 Å². The number of hydrogen-bond donors (Lipinski definition) is 1. The normalized spacial score (nSPS) is 13.4. The number of amides is 1. The van der Waals surface area contributed by atoms with Gasteiger partial charge >= 0.3 is 0 Å². The number of carbonyl (C=O) groups is 1. The van der Waals surface area contributed by atoms with E-state index in [1.807, 2.05) is 36.5 Å². The molecule has 0 aliphatic heterocycles. The average molecular weight is 422 g/mol. The van der Waals surface area contributed by atoms with Crippen molar-refractivity contribution < 1.29 is 13.2 Å². The maximum absolute atomic E-state index is 12.4. The molecule has 0 saturated carbocycles. The van der Waals surface area contributed by atoms with E-state index in [2.05, 4.69) is 5.32 Å². The summed E-state index contributed by atoms with van der Waals surface area (Å²) >= 11 is 8.38. The standard InChI is InChI=1S/C15H20ClN3O3S3/c1-18(2)11(12-5-4-8-23-12)9-17-14(20)10-19(3)25(21,22)15-7-6-13(16)24-15/h4-8,11H,9-10H2,1-3H3,(H,17,20). The molecule has 0 bridgehead atoms. The van der Waals surface area contributed by atoms with Crippen molar-refractivity contribution >= 4 is 50.2 Å². The molecule has 1 N–H and O–H groups in total. The molecule has 2 rings (SSSR count). The van der Waals surface area contributed by atoms with Crippen LogP contribution in [0.1, 0.15) is 10.9 Å². The van der Waals surface area contributed by atoms with Gasteiger partial charge in [-0.15, -0.1) is 22.7 Å². The van der Waals surface area contributed by atoms with Gasteiger partial charge in [-0.3, -0.25) is 4.79 Å². The van der Waals surface area contributed by atoms with E-state index in [9.17, 15) is 13.2 Å². The molecule has 0 aromatic carbocycles. The van der Waals surface area contributed by atoms with E-state index in [-0.39, 0.29) is 22.7 Å². The van der Waals surface area contributed by atoms with Crippen LogP contribution in [-0.4, -0.2) is 57.8 Å². The number of rotatable bonds is 8. The number of nitrogens with zero attached hydrogens (tertiary/aromatic N) is 2. The van der Waals surface area contributed by atoms with Crippen LogP contribution in [0.15, 0.2) is 33.9 Å². The zero-order chi connectivity index (χ0) is 18.6. The smallest absolute Gasteiger partial charge is 0.252 e. The number of sulfonamides is 1. The van der Waals surface area contributed by atoms with E-state index in [0.29, 0.717) is 10.9 Å². The molecule has 0 aliphatic carbocycles. The topological polar surface area (TPSA) is 69.7 Å². The molecular formula is C15H20ClN3O3S3. The first-order chi connectivity index (χ1) is 11.7. The van der Waals surface area contributed by atoms with Crippen LogP contribution in [0.25, 0.3) is 0 Å². The monoisotopic (exact) mass is 421 g/mol. The predicted octanol–water partition coefficient (Wildman–Crippen LogP) is 2.50. The molecule has 10 heteroatoms. The summed E-state index contributed by atoms with van der Waals surface area (Å²) in [5, 5.41) is 4.80. The van der Waals surface area contributed by atoms with E-state index in [0.717, 1.165) is 20.5 Å². The number of halogens is 1. The molecule has 1 atom stereocenters. The molecule has 0 saturated heterocycles. The molecule has 0 aliphatic rings. The number of hydrogen-bond acceptors (Lipinski definition) is 6. The van der Waals surface area contributed by atoms with Gasteiger partial charge in [0.15, 0.2) is 0 Å². The fraction of sp³-hybridized carbons (Fsp3) is 0.400. The number of likely N-dealkylation sites (N-methyl/N-ethyl adjacent to an activating group) is 2. The van der Waals surface area contributed by atoms with Gasteiger partial charge in [0.1, 0.15) is 4.21 Å².